The summed E-state index contributed by atoms with van der Waals surface area (Å²) in [6, 6.07) is 14.7. The van der Waals surface area contributed by atoms with E-state index in [2.05, 4.69) is 6.58 Å². The molecule has 0 aliphatic carbocycles. The highest BCUT2D eigenvalue weighted by Crippen LogP contribution is 2.21. The van der Waals surface area contributed by atoms with E-state index in [1.54, 1.807) is 54.6 Å². The highest BCUT2D eigenvalue weighted by molar-refractivity contribution is 7.91. The number of carboxylic acids is 1. The molecule has 22 heavy (non-hydrogen) atoms. The number of benzene rings is 2. The van der Waals surface area contributed by atoms with Crippen LogP contribution in [0.2, 0.25) is 0 Å². The first kappa shape index (κ1) is 16.0. The molecule has 0 saturated carbocycles. The number of aliphatic carboxylic acids is 1. The molecule has 5 heteroatoms. The van der Waals surface area contributed by atoms with Crippen LogP contribution in [0.25, 0.3) is 0 Å². The summed E-state index contributed by atoms with van der Waals surface area (Å²) in [6.07, 6.45) is 0.844. The van der Waals surface area contributed by atoms with E-state index in [1.165, 1.54) is 0 Å². The minimum absolute atomic E-state index is 0.140. The predicted molar refractivity (Wildman–Crippen MR) is 83.4 cm³/mol. The maximum Gasteiger partial charge on any atom is 0.330 e. The van der Waals surface area contributed by atoms with Crippen molar-refractivity contribution in [2.45, 2.75) is 22.6 Å². The van der Waals surface area contributed by atoms with E-state index in [4.69, 9.17) is 5.11 Å². The fourth-order valence-electron chi connectivity index (χ4n) is 1.97. The van der Waals surface area contributed by atoms with Crippen molar-refractivity contribution in [1.82, 2.24) is 0 Å². The second kappa shape index (κ2) is 6.58. The SMILES string of the molecule is C=C(CCc1ccc(S(=O)(=O)c2ccccc2)cc1)C(=O)O. The Morgan fingerprint density at radius 3 is 2.05 bits per heavy atom. The van der Waals surface area contributed by atoms with Crippen LogP contribution in [0.3, 0.4) is 0 Å². The molecule has 2 aromatic carbocycles. The summed E-state index contributed by atoms with van der Waals surface area (Å²) < 4.78 is 24.8. The lowest BCUT2D eigenvalue weighted by Crippen LogP contribution is -2.02. The van der Waals surface area contributed by atoms with Gasteiger partial charge in [-0.2, -0.15) is 0 Å². The van der Waals surface area contributed by atoms with E-state index >= 15 is 0 Å². The molecule has 0 heterocycles. The average Bonchev–Trinajstić information content (AvgIpc) is 2.53. The molecule has 0 saturated heterocycles. The number of hydrogen-bond donors (Lipinski definition) is 1. The van der Waals surface area contributed by atoms with Gasteiger partial charge < -0.3 is 5.11 Å². The zero-order valence-corrected chi connectivity index (χ0v) is 12.7. The first-order valence-electron chi connectivity index (χ1n) is 6.71. The summed E-state index contributed by atoms with van der Waals surface area (Å²) in [5.74, 6) is -1.01. The summed E-state index contributed by atoms with van der Waals surface area (Å²) in [5, 5.41) is 8.76. The molecule has 0 fully saturated rings. The van der Waals surface area contributed by atoms with E-state index in [0.717, 1.165) is 5.56 Å². The highest BCUT2D eigenvalue weighted by Gasteiger charge is 2.16. The van der Waals surface area contributed by atoms with Gasteiger partial charge in [-0.25, -0.2) is 13.2 Å². The van der Waals surface area contributed by atoms with Gasteiger partial charge in [0.1, 0.15) is 0 Å². The van der Waals surface area contributed by atoms with Gasteiger partial charge >= 0.3 is 5.97 Å². The van der Waals surface area contributed by atoms with E-state index in [-0.39, 0.29) is 15.4 Å². The van der Waals surface area contributed by atoms with Crippen molar-refractivity contribution in [3.05, 3.63) is 72.3 Å². The Bertz CT molecular complexity index is 775. The lowest BCUT2D eigenvalue weighted by atomic mass is 10.1. The molecule has 114 valence electrons. The summed E-state index contributed by atoms with van der Waals surface area (Å²) in [5.41, 5.74) is 1.01. The van der Waals surface area contributed by atoms with Gasteiger partial charge in [0, 0.05) is 5.57 Å². The minimum atomic E-state index is -3.51. The summed E-state index contributed by atoms with van der Waals surface area (Å²) in [4.78, 5) is 11.2. The van der Waals surface area contributed by atoms with Gasteiger partial charge in [-0.3, -0.25) is 0 Å². The third kappa shape index (κ3) is 3.62. The molecule has 0 atom stereocenters. The molecule has 0 bridgehead atoms. The Morgan fingerprint density at radius 1 is 0.955 bits per heavy atom. The standard InChI is InChI=1S/C17H16O4S/c1-13(17(18)19)7-8-14-9-11-16(12-10-14)22(20,21)15-5-3-2-4-6-15/h2-6,9-12H,1,7-8H2,(H,18,19). The van der Waals surface area contributed by atoms with Gasteiger partial charge in [0.05, 0.1) is 9.79 Å². The third-order valence-corrected chi connectivity index (χ3v) is 5.09. The Kier molecular flexibility index (Phi) is 4.78. The zero-order chi connectivity index (χ0) is 16.2. The van der Waals surface area contributed by atoms with Gasteiger partial charge in [0.2, 0.25) is 9.84 Å². The van der Waals surface area contributed by atoms with Crippen molar-refractivity contribution < 1.29 is 18.3 Å². The number of hydrogen-bond acceptors (Lipinski definition) is 3. The molecule has 1 N–H and O–H groups in total. The molecular weight excluding hydrogens is 300 g/mol. The van der Waals surface area contributed by atoms with Crippen molar-refractivity contribution in [1.29, 1.82) is 0 Å². The largest absolute Gasteiger partial charge is 0.478 e. The second-order valence-corrected chi connectivity index (χ2v) is 6.82. The number of rotatable bonds is 6. The van der Waals surface area contributed by atoms with Crippen LogP contribution in [-0.4, -0.2) is 19.5 Å². The zero-order valence-electron chi connectivity index (χ0n) is 11.9. The summed E-state index contributed by atoms with van der Waals surface area (Å²) in [6.45, 7) is 3.47. The molecule has 0 radical (unpaired) electrons. The molecule has 0 amide bonds. The summed E-state index contributed by atoms with van der Waals surface area (Å²) >= 11 is 0. The highest BCUT2D eigenvalue weighted by atomic mass is 32.2. The van der Waals surface area contributed by atoms with Crippen LogP contribution in [0.4, 0.5) is 0 Å². The molecule has 0 aliphatic heterocycles. The van der Waals surface area contributed by atoms with Crippen LogP contribution in [0.15, 0.2) is 76.5 Å². The normalized spacial score (nSPS) is 11.1. The van der Waals surface area contributed by atoms with Crippen LogP contribution < -0.4 is 0 Å². The monoisotopic (exact) mass is 316 g/mol. The molecule has 4 nitrogen and oxygen atoms in total. The fourth-order valence-corrected chi connectivity index (χ4v) is 3.26. The predicted octanol–water partition coefficient (Wildman–Crippen LogP) is 3.09. The quantitative estimate of drug-likeness (QED) is 0.831. The van der Waals surface area contributed by atoms with Crippen molar-refractivity contribution in [2.24, 2.45) is 0 Å². The van der Waals surface area contributed by atoms with Gasteiger partial charge in [-0.1, -0.05) is 36.9 Å². The average molecular weight is 316 g/mol. The molecule has 0 spiro atoms. The molecule has 0 unspecified atom stereocenters. The van der Waals surface area contributed by atoms with E-state index in [9.17, 15) is 13.2 Å². The molecule has 2 aromatic rings. The maximum atomic E-state index is 12.4. The topological polar surface area (TPSA) is 71.4 Å². The third-order valence-electron chi connectivity index (χ3n) is 3.31. The number of carboxylic acid groups (broad SMARTS) is 1. The van der Waals surface area contributed by atoms with Gasteiger partial charge in [0.15, 0.2) is 0 Å². The number of sulfone groups is 1. The van der Waals surface area contributed by atoms with Crippen LogP contribution in [-0.2, 0) is 21.1 Å². The van der Waals surface area contributed by atoms with E-state index in [0.29, 0.717) is 12.8 Å². The van der Waals surface area contributed by atoms with Crippen LogP contribution in [0.1, 0.15) is 12.0 Å². The minimum Gasteiger partial charge on any atom is -0.478 e. The summed E-state index contributed by atoms with van der Waals surface area (Å²) in [7, 11) is -3.51. The Balaban J connectivity index is 2.15. The Hall–Kier alpha value is -2.40. The Labute approximate surface area is 129 Å². The van der Waals surface area contributed by atoms with E-state index < -0.39 is 15.8 Å². The van der Waals surface area contributed by atoms with Crippen LogP contribution in [0.5, 0.6) is 0 Å². The first-order chi connectivity index (χ1) is 10.4. The molecule has 0 aromatic heterocycles. The van der Waals surface area contributed by atoms with Crippen LogP contribution >= 0.6 is 0 Å². The number of aryl methyl sites for hydroxylation is 1. The number of carbonyl (C=O) groups is 1. The lowest BCUT2D eigenvalue weighted by Gasteiger charge is -2.06. The van der Waals surface area contributed by atoms with E-state index in [1.807, 2.05) is 0 Å². The second-order valence-electron chi connectivity index (χ2n) is 4.87. The van der Waals surface area contributed by atoms with Crippen molar-refractivity contribution >= 4 is 15.8 Å². The first-order valence-corrected chi connectivity index (χ1v) is 8.20. The van der Waals surface area contributed by atoms with Crippen LogP contribution in [0, 0.1) is 0 Å². The molecule has 0 aliphatic rings. The maximum absolute atomic E-state index is 12.4. The molecular formula is C17H16O4S. The lowest BCUT2D eigenvalue weighted by molar-refractivity contribution is -0.132. The fraction of sp³-hybridized carbons (Fsp3) is 0.118. The van der Waals surface area contributed by atoms with Gasteiger partial charge in [-0.15, -0.1) is 0 Å². The smallest absolute Gasteiger partial charge is 0.330 e. The van der Waals surface area contributed by atoms with Gasteiger partial charge in [-0.05, 0) is 42.7 Å². The van der Waals surface area contributed by atoms with Crippen molar-refractivity contribution in [3.63, 3.8) is 0 Å². The Morgan fingerprint density at radius 2 is 1.50 bits per heavy atom. The van der Waals surface area contributed by atoms with Crippen molar-refractivity contribution in [3.8, 4) is 0 Å². The van der Waals surface area contributed by atoms with Gasteiger partial charge in [0.25, 0.3) is 0 Å². The van der Waals surface area contributed by atoms with Crippen molar-refractivity contribution in [2.75, 3.05) is 0 Å². The molecule has 2 rings (SSSR count).